The predicted molar refractivity (Wildman–Crippen MR) is 54.2 cm³/mol. The first-order valence-corrected chi connectivity index (χ1v) is 4.59. The van der Waals surface area contributed by atoms with Gasteiger partial charge in [0.1, 0.15) is 0 Å². The molecule has 0 fully saturated rings. The fourth-order valence-corrected chi connectivity index (χ4v) is 1.19. The Morgan fingerprint density at radius 2 is 1.80 bits per heavy atom. The smallest absolute Gasteiger partial charge is 0.221 e. The molecule has 1 rings (SSSR count). The van der Waals surface area contributed by atoms with Crippen LogP contribution in [0.5, 0.6) is 0 Å². The molecule has 0 aliphatic rings. The van der Waals surface area contributed by atoms with E-state index in [1.807, 2.05) is 0 Å². The number of amides is 1. The van der Waals surface area contributed by atoms with Crippen LogP contribution in [0.25, 0.3) is 0 Å². The number of nitrogens with one attached hydrogen (secondary N) is 1. The van der Waals surface area contributed by atoms with Crippen molar-refractivity contribution in [1.29, 1.82) is 0 Å². The van der Waals surface area contributed by atoms with Gasteiger partial charge in [0.25, 0.3) is 0 Å². The average Bonchev–Trinajstić information content (AvgIpc) is 2.17. The lowest BCUT2D eigenvalue weighted by atomic mass is 10.0. The van der Waals surface area contributed by atoms with E-state index in [1.165, 1.54) is 6.92 Å². The van der Waals surface area contributed by atoms with Gasteiger partial charge in [0.2, 0.25) is 5.91 Å². The average molecular weight is 206 g/mol. The minimum absolute atomic E-state index is 0.157. The SMILES string of the molecule is CC(=O)Nc1ccc(C(C)C(=O)[O-])cc1. The van der Waals surface area contributed by atoms with Crippen molar-refractivity contribution in [2.75, 3.05) is 5.32 Å². The van der Waals surface area contributed by atoms with Crippen molar-refractivity contribution in [3.63, 3.8) is 0 Å². The molecule has 15 heavy (non-hydrogen) atoms. The van der Waals surface area contributed by atoms with E-state index >= 15 is 0 Å². The van der Waals surface area contributed by atoms with Crippen LogP contribution in [0.3, 0.4) is 0 Å². The van der Waals surface area contributed by atoms with Crippen LogP contribution in [-0.4, -0.2) is 11.9 Å². The van der Waals surface area contributed by atoms with Gasteiger partial charge in [0.15, 0.2) is 0 Å². The van der Waals surface area contributed by atoms with Crippen molar-refractivity contribution in [3.05, 3.63) is 29.8 Å². The molecule has 0 heterocycles. The van der Waals surface area contributed by atoms with Gasteiger partial charge >= 0.3 is 0 Å². The third kappa shape index (κ3) is 3.09. The number of carbonyl (C=O) groups is 2. The van der Waals surface area contributed by atoms with Gasteiger partial charge in [-0.1, -0.05) is 19.1 Å². The van der Waals surface area contributed by atoms with Crippen LogP contribution in [-0.2, 0) is 9.59 Å². The van der Waals surface area contributed by atoms with Crippen LogP contribution in [0.1, 0.15) is 25.3 Å². The molecular formula is C11H12NO3-. The first kappa shape index (κ1) is 11.2. The summed E-state index contributed by atoms with van der Waals surface area (Å²) in [6, 6.07) is 6.64. The first-order chi connectivity index (χ1) is 7.00. The number of hydrogen-bond donors (Lipinski definition) is 1. The zero-order valence-corrected chi connectivity index (χ0v) is 8.61. The van der Waals surface area contributed by atoms with Gasteiger partial charge in [0, 0.05) is 24.5 Å². The van der Waals surface area contributed by atoms with Gasteiger partial charge in [-0.3, -0.25) is 4.79 Å². The van der Waals surface area contributed by atoms with Crippen LogP contribution in [0.2, 0.25) is 0 Å². The molecule has 1 atom stereocenters. The molecule has 0 saturated carbocycles. The predicted octanol–water partition coefficient (Wildman–Crippen LogP) is 0.498. The van der Waals surface area contributed by atoms with Crippen molar-refractivity contribution < 1.29 is 14.7 Å². The number of rotatable bonds is 3. The van der Waals surface area contributed by atoms with Crippen molar-refractivity contribution in [3.8, 4) is 0 Å². The van der Waals surface area contributed by atoms with Gasteiger partial charge < -0.3 is 15.2 Å². The molecule has 4 heteroatoms. The van der Waals surface area contributed by atoms with Crippen LogP contribution in [0, 0.1) is 0 Å². The normalized spacial score (nSPS) is 11.9. The lowest BCUT2D eigenvalue weighted by molar-refractivity contribution is -0.307. The van der Waals surface area contributed by atoms with E-state index in [0.717, 1.165) is 0 Å². The van der Waals surface area contributed by atoms with Crippen LogP contribution >= 0.6 is 0 Å². The summed E-state index contributed by atoms with van der Waals surface area (Å²) in [5, 5.41) is 13.2. The zero-order chi connectivity index (χ0) is 11.4. The summed E-state index contributed by atoms with van der Waals surface area (Å²) in [5.74, 6) is -1.91. The summed E-state index contributed by atoms with van der Waals surface area (Å²) in [4.78, 5) is 21.3. The largest absolute Gasteiger partial charge is 0.550 e. The van der Waals surface area contributed by atoms with E-state index in [2.05, 4.69) is 5.32 Å². The Bertz CT molecular complexity index is 370. The molecule has 1 unspecified atom stereocenters. The van der Waals surface area contributed by atoms with Gasteiger partial charge in [-0.2, -0.15) is 0 Å². The highest BCUT2D eigenvalue weighted by Gasteiger charge is 2.05. The maximum atomic E-state index is 10.7. The minimum Gasteiger partial charge on any atom is -0.550 e. The second-order valence-corrected chi connectivity index (χ2v) is 3.34. The molecule has 4 nitrogen and oxygen atoms in total. The Kier molecular flexibility index (Phi) is 3.44. The van der Waals surface area contributed by atoms with E-state index in [9.17, 15) is 14.7 Å². The van der Waals surface area contributed by atoms with E-state index < -0.39 is 11.9 Å². The zero-order valence-electron chi connectivity index (χ0n) is 8.61. The summed E-state index contributed by atoms with van der Waals surface area (Å²) in [6.07, 6.45) is 0. The third-order valence-corrected chi connectivity index (χ3v) is 2.08. The van der Waals surface area contributed by atoms with Gasteiger partial charge in [-0.15, -0.1) is 0 Å². The van der Waals surface area contributed by atoms with Crippen LogP contribution in [0.4, 0.5) is 5.69 Å². The van der Waals surface area contributed by atoms with Crippen molar-refractivity contribution >= 4 is 17.6 Å². The Labute approximate surface area is 87.9 Å². The van der Waals surface area contributed by atoms with Gasteiger partial charge in [-0.05, 0) is 17.7 Å². The first-order valence-electron chi connectivity index (χ1n) is 4.59. The summed E-state index contributed by atoms with van der Waals surface area (Å²) in [7, 11) is 0. The Balaban J connectivity index is 2.80. The fourth-order valence-electron chi connectivity index (χ4n) is 1.19. The molecule has 0 saturated heterocycles. The second-order valence-electron chi connectivity index (χ2n) is 3.34. The molecule has 0 aliphatic heterocycles. The summed E-state index contributed by atoms with van der Waals surface area (Å²) in [6.45, 7) is 2.97. The molecule has 0 bridgehead atoms. The highest BCUT2D eigenvalue weighted by atomic mass is 16.4. The summed E-state index contributed by atoms with van der Waals surface area (Å²) in [5.41, 5.74) is 1.31. The maximum Gasteiger partial charge on any atom is 0.221 e. The van der Waals surface area contributed by atoms with E-state index in [4.69, 9.17) is 0 Å². The standard InChI is InChI=1S/C11H13NO3/c1-7(11(14)15)9-3-5-10(6-4-9)12-8(2)13/h3-7H,1-2H3,(H,12,13)(H,14,15)/p-1. The Morgan fingerprint density at radius 1 is 1.27 bits per heavy atom. The third-order valence-electron chi connectivity index (χ3n) is 2.08. The van der Waals surface area contributed by atoms with Crippen molar-refractivity contribution in [2.24, 2.45) is 0 Å². The highest BCUT2D eigenvalue weighted by Crippen LogP contribution is 2.17. The number of carboxylic acids is 1. The Morgan fingerprint density at radius 3 is 2.20 bits per heavy atom. The van der Waals surface area contributed by atoms with E-state index in [-0.39, 0.29) is 5.91 Å². The van der Waals surface area contributed by atoms with E-state index in [0.29, 0.717) is 11.3 Å². The molecule has 0 spiro atoms. The second kappa shape index (κ2) is 4.59. The molecule has 0 radical (unpaired) electrons. The fraction of sp³-hybridized carbons (Fsp3) is 0.273. The molecule has 0 aliphatic carbocycles. The van der Waals surface area contributed by atoms with E-state index in [1.54, 1.807) is 31.2 Å². The summed E-state index contributed by atoms with van der Waals surface area (Å²) >= 11 is 0. The molecular weight excluding hydrogens is 194 g/mol. The maximum absolute atomic E-state index is 10.7. The summed E-state index contributed by atoms with van der Waals surface area (Å²) < 4.78 is 0. The number of anilines is 1. The number of aliphatic carboxylic acids is 1. The minimum atomic E-state index is -1.11. The molecule has 0 aromatic heterocycles. The molecule has 1 N–H and O–H groups in total. The lowest BCUT2D eigenvalue weighted by Gasteiger charge is -2.13. The molecule has 1 amide bonds. The van der Waals surface area contributed by atoms with Crippen LogP contribution < -0.4 is 10.4 Å². The molecule has 1 aromatic carbocycles. The number of benzene rings is 1. The highest BCUT2D eigenvalue weighted by molar-refractivity contribution is 5.88. The van der Waals surface area contributed by atoms with Gasteiger partial charge in [0.05, 0.1) is 0 Å². The quantitative estimate of drug-likeness (QED) is 0.782. The number of carboxylic acid groups (broad SMARTS) is 1. The van der Waals surface area contributed by atoms with Crippen molar-refractivity contribution in [1.82, 2.24) is 0 Å². The van der Waals surface area contributed by atoms with Crippen molar-refractivity contribution in [2.45, 2.75) is 19.8 Å². The number of carbonyl (C=O) groups excluding carboxylic acids is 2. The topological polar surface area (TPSA) is 69.2 Å². The van der Waals surface area contributed by atoms with Gasteiger partial charge in [-0.25, -0.2) is 0 Å². The van der Waals surface area contributed by atoms with Crippen LogP contribution in [0.15, 0.2) is 24.3 Å². The molecule has 80 valence electrons. The Hall–Kier alpha value is -1.84. The number of hydrogen-bond acceptors (Lipinski definition) is 3. The monoisotopic (exact) mass is 206 g/mol. The lowest BCUT2D eigenvalue weighted by Crippen LogP contribution is -2.27. The molecule has 1 aromatic rings.